The van der Waals surface area contributed by atoms with Crippen LogP contribution in [-0.2, 0) is 0 Å². The Bertz CT molecular complexity index is 304. The second kappa shape index (κ2) is 5.47. The minimum Gasteiger partial charge on any atom is -0.312 e. The summed E-state index contributed by atoms with van der Waals surface area (Å²) in [6.45, 7) is 9.82. The van der Waals surface area contributed by atoms with Crippen LogP contribution in [0.5, 0.6) is 0 Å². The smallest absolute Gasteiger partial charge is 0.00966 e. The Hall–Kier alpha value is -0.600. The van der Waals surface area contributed by atoms with Crippen LogP contribution in [0.4, 0.5) is 0 Å². The van der Waals surface area contributed by atoms with Crippen molar-refractivity contribution in [1.82, 2.24) is 5.32 Å². The fraction of sp³-hybridized carbons (Fsp3) is 0.538. The summed E-state index contributed by atoms with van der Waals surface area (Å²) >= 11 is 1.75. The minimum atomic E-state index is 0.226. The molecule has 0 unspecified atom stereocenters. The molecule has 15 heavy (non-hydrogen) atoms. The zero-order chi connectivity index (χ0) is 11.3. The summed E-state index contributed by atoms with van der Waals surface area (Å²) in [6.07, 6.45) is 3.40. The van der Waals surface area contributed by atoms with Crippen molar-refractivity contribution in [2.45, 2.75) is 39.7 Å². The average Bonchev–Trinajstić information content (AvgIpc) is 2.63. The summed E-state index contributed by atoms with van der Waals surface area (Å²) in [5.41, 5.74) is 2.96. The maximum absolute atomic E-state index is 3.48. The molecule has 0 atom stereocenters. The van der Waals surface area contributed by atoms with E-state index >= 15 is 0 Å². The first-order valence-corrected chi connectivity index (χ1v) is 6.38. The van der Waals surface area contributed by atoms with Crippen LogP contribution in [-0.4, -0.2) is 12.1 Å². The zero-order valence-electron chi connectivity index (χ0n) is 10.1. The third-order valence-electron chi connectivity index (χ3n) is 2.23. The van der Waals surface area contributed by atoms with Gasteiger partial charge in [0.1, 0.15) is 0 Å². The molecular formula is C13H21NS. The Kier molecular flexibility index (Phi) is 4.55. The number of rotatable bonds is 4. The molecule has 0 bridgehead atoms. The van der Waals surface area contributed by atoms with E-state index < -0.39 is 0 Å². The van der Waals surface area contributed by atoms with E-state index in [1.807, 2.05) is 0 Å². The number of allylic oxidation sites excluding steroid dienone is 1. The molecule has 1 nitrogen and oxygen atoms in total. The van der Waals surface area contributed by atoms with Crippen molar-refractivity contribution >= 4 is 16.9 Å². The van der Waals surface area contributed by atoms with Crippen LogP contribution in [0.25, 0.3) is 5.57 Å². The van der Waals surface area contributed by atoms with Crippen LogP contribution in [0.15, 0.2) is 22.9 Å². The molecule has 1 aromatic rings. The summed E-state index contributed by atoms with van der Waals surface area (Å²) in [6, 6.07) is 2.17. The predicted octanol–water partition coefficient (Wildman–Crippen LogP) is 3.93. The second-order valence-corrected chi connectivity index (χ2v) is 5.64. The number of hydrogen-bond donors (Lipinski definition) is 1. The zero-order valence-corrected chi connectivity index (χ0v) is 10.9. The fourth-order valence-electron chi connectivity index (χ4n) is 1.34. The van der Waals surface area contributed by atoms with Gasteiger partial charge in [0, 0.05) is 5.54 Å². The number of thiophene rings is 1. The van der Waals surface area contributed by atoms with E-state index in [4.69, 9.17) is 0 Å². The molecule has 1 rings (SSSR count). The first-order chi connectivity index (χ1) is 6.99. The van der Waals surface area contributed by atoms with Crippen molar-refractivity contribution in [1.29, 1.82) is 0 Å². The molecular weight excluding hydrogens is 202 g/mol. The van der Waals surface area contributed by atoms with Gasteiger partial charge in [-0.2, -0.15) is 11.3 Å². The standard InChI is InChI=1S/C13H21NS/c1-11(12-7-9-15-10-12)6-5-8-14-13(2,3)4/h6-7,9-10,14H,5,8H2,1-4H3. The van der Waals surface area contributed by atoms with Gasteiger partial charge in [-0.3, -0.25) is 0 Å². The Balaban J connectivity index is 2.33. The number of hydrogen-bond acceptors (Lipinski definition) is 2. The Morgan fingerprint density at radius 1 is 1.47 bits per heavy atom. The molecule has 1 N–H and O–H groups in total. The Morgan fingerprint density at radius 2 is 2.20 bits per heavy atom. The lowest BCUT2D eigenvalue weighted by Gasteiger charge is -2.19. The van der Waals surface area contributed by atoms with Crippen molar-refractivity contribution in [3.63, 3.8) is 0 Å². The molecule has 1 heterocycles. The van der Waals surface area contributed by atoms with Crippen molar-refractivity contribution in [3.8, 4) is 0 Å². The van der Waals surface area contributed by atoms with E-state index in [1.165, 1.54) is 11.1 Å². The van der Waals surface area contributed by atoms with E-state index in [2.05, 4.69) is 55.9 Å². The summed E-state index contributed by atoms with van der Waals surface area (Å²) < 4.78 is 0. The maximum Gasteiger partial charge on any atom is 0.00966 e. The van der Waals surface area contributed by atoms with Gasteiger partial charge in [-0.1, -0.05) is 6.08 Å². The highest BCUT2D eigenvalue weighted by Gasteiger charge is 2.06. The van der Waals surface area contributed by atoms with Gasteiger partial charge in [-0.15, -0.1) is 0 Å². The van der Waals surface area contributed by atoms with Gasteiger partial charge in [-0.05, 0) is 68.6 Å². The normalized spacial score (nSPS) is 13.2. The van der Waals surface area contributed by atoms with Crippen LogP contribution in [0.3, 0.4) is 0 Å². The molecule has 0 saturated carbocycles. The SMILES string of the molecule is CC(=CCCNC(C)(C)C)c1ccsc1. The third kappa shape index (κ3) is 5.14. The van der Waals surface area contributed by atoms with E-state index in [-0.39, 0.29) is 5.54 Å². The monoisotopic (exact) mass is 223 g/mol. The van der Waals surface area contributed by atoms with E-state index in [1.54, 1.807) is 11.3 Å². The molecule has 0 fully saturated rings. The molecule has 0 aromatic carbocycles. The summed E-state index contributed by atoms with van der Waals surface area (Å²) in [7, 11) is 0. The first-order valence-electron chi connectivity index (χ1n) is 5.43. The molecule has 0 spiro atoms. The van der Waals surface area contributed by atoms with Crippen LogP contribution in [0.1, 0.15) is 39.7 Å². The fourth-order valence-corrected chi connectivity index (χ4v) is 2.06. The first kappa shape index (κ1) is 12.5. The van der Waals surface area contributed by atoms with Gasteiger partial charge in [0.05, 0.1) is 0 Å². The van der Waals surface area contributed by atoms with Gasteiger partial charge in [0.2, 0.25) is 0 Å². The molecule has 0 saturated heterocycles. The van der Waals surface area contributed by atoms with E-state index in [0.717, 1.165) is 13.0 Å². The minimum absolute atomic E-state index is 0.226. The second-order valence-electron chi connectivity index (χ2n) is 4.86. The van der Waals surface area contributed by atoms with Gasteiger partial charge in [-0.25, -0.2) is 0 Å². The highest BCUT2D eigenvalue weighted by atomic mass is 32.1. The third-order valence-corrected chi connectivity index (χ3v) is 2.91. The number of nitrogens with one attached hydrogen (secondary N) is 1. The molecule has 0 radical (unpaired) electrons. The summed E-state index contributed by atoms with van der Waals surface area (Å²) in [5, 5.41) is 7.80. The van der Waals surface area contributed by atoms with Crippen LogP contribution < -0.4 is 5.32 Å². The van der Waals surface area contributed by atoms with Crippen molar-refractivity contribution in [3.05, 3.63) is 28.5 Å². The largest absolute Gasteiger partial charge is 0.312 e. The molecule has 0 aliphatic carbocycles. The highest BCUT2D eigenvalue weighted by Crippen LogP contribution is 2.17. The average molecular weight is 223 g/mol. The summed E-state index contributed by atoms with van der Waals surface area (Å²) in [4.78, 5) is 0. The van der Waals surface area contributed by atoms with E-state index in [9.17, 15) is 0 Å². The van der Waals surface area contributed by atoms with Gasteiger partial charge in [0.25, 0.3) is 0 Å². The van der Waals surface area contributed by atoms with Gasteiger partial charge in [0.15, 0.2) is 0 Å². The topological polar surface area (TPSA) is 12.0 Å². The molecule has 0 aliphatic heterocycles. The molecule has 2 heteroatoms. The van der Waals surface area contributed by atoms with Crippen molar-refractivity contribution < 1.29 is 0 Å². The Morgan fingerprint density at radius 3 is 2.73 bits per heavy atom. The maximum atomic E-state index is 3.48. The van der Waals surface area contributed by atoms with E-state index in [0.29, 0.717) is 0 Å². The lowest BCUT2D eigenvalue weighted by molar-refractivity contribution is 0.431. The van der Waals surface area contributed by atoms with Crippen LogP contribution in [0.2, 0.25) is 0 Å². The quantitative estimate of drug-likeness (QED) is 0.763. The van der Waals surface area contributed by atoms with Crippen molar-refractivity contribution in [2.75, 3.05) is 6.54 Å². The molecule has 1 aromatic heterocycles. The summed E-state index contributed by atoms with van der Waals surface area (Å²) in [5.74, 6) is 0. The Labute approximate surface area is 97.2 Å². The van der Waals surface area contributed by atoms with Crippen LogP contribution in [0, 0.1) is 0 Å². The lowest BCUT2D eigenvalue weighted by atomic mass is 10.1. The molecule has 0 amide bonds. The van der Waals surface area contributed by atoms with Gasteiger partial charge >= 0.3 is 0 Å². The molecule has 84 valence electrons. The predicted molar refractivity (Wildman–Crippen MR) is 70.3 cm³/mol. The van der Waals surface area contributed by atoms with Gasteiger partial charge < -0.3 is 5.32 Å². The molecule has 0 aliphatic rings. The lowest BCUT2D eigenvalue weighted by Crippen LogP contribution is -2.36. The van der Waals surface area contributed by atoms with Crippen molar-refractivity contribution in [2.24, 2.45) is 0 Å². The van der Waals surface area contributed by atoms with Crippen LogP contribution >= 0.6 is 11.3 Å². The highest BCUT2D eigenvalue weighted by molar-refractivity contribution is 7.08.